The first-order chi connectivity index (χ1) is 17.2. The van der Waals surface area contributed by atoms with Crippen molar-refractivity contribution in [3.63, 3.8) is 0 Å². The van der Waals surface area contributed by atoms with Crippen LogP contribution in [0.5, 0.6) is 0 Å². The van der Waals surface area contributed by atoms with Crippen LogP contribution < -0.4 is 10.2 Å². The van der Waals surface area contributed by atoms with Crippen LogP contribution in [0.2, 0.25) is 0 Å². The summed E-state index contributed by atoms with van der Waals surface area (Å²) in [7, 11) is 0. The number of amides is 1. The van der Waals surface area contributed by atoms with E-state index >= 15 is 0 Å². The second-order valence-electron chi connectivity index (χ2n) is 10.8. The molecule has 0 saturated carbocycles. The van der Waals surface area contributed by atoms with Crippen LogP contribution in [0.3, 0.4) is 0 Å². The highest BCUT2D eigenvalue weighted by atomic mass is 19.1. The normalized spacial score (nSPS) is 21.5. The van der Waals surface area contributed by atoms with Crippen LogP contribution in [-0.4, -0.2) is 69.0 Å². The van der Waals surface area contributed by atoms with Crippen molar-refractivity contribution in [2.24, 2.45) is 0 Å². The van der Waals surface area contributed by atoms with Gasteiger partial charge in [-0.3, -0.25) is 14.7 Å². The Labute approximate surface area is 211 Å². The molecule has 36 heavy (non-hydrogen) atoms. The average Bonchev–Trinajstić information content (AvgIpc) is 3.36. The van der Waals surface area contributed by atoms with Crippen molar-refractivity contribution in [1.29, 1.82) is 0 Å². The molecular formula is C27H34FN7O. The van der Waals surface area contributed by atoms with Crippen molar-refractivity contribution in [2.45, 2.75) is 58.2 Å². The van der Waals surface area contributed by atoms with Gasteiger partial charge in [0.2, 0.25) is 5.91 Å². The van der Waals surface area contributed by atoms with Crippen LogP contribution in [0.15, 0.2) is 42.7 Å². The second kappa shape index (κ2) is 9.71. The molecule has 2 aliphatic heterocycles. The number of carbonyl (C=O) groups is 1. The van der Waals surface area contributed by atoms with Crippen LogP contribution in [0, 0.1) is 12.7 Å². The molecule has 1 aromatic carbocycles. The lowest BCUT2D eigenvalue weighted by Gasteiger charge is -2.39. The summed E-state index contributed by atoms with van der Waals surface area (Å²) in [6.45, 7) is 11.6. The van der Waals surface area contributed by atoms with Gasteiger partial charge >= 0.3 is 0 Å². The minimum atomic E-state index is -0.246. The smallest absolute Gasteiger partial charge is 0.241 e. The average molecular weight is 492 g/mol. The molecule has 3 aromatic rings. The number of anilines is 1. The SMILES string of the molecule is Cc1cnnn1C[C@H]1CN[C@H](C)CN1CC(=O)N1CC(C)(C)c2ncc(Cc3ccc(F)cc3)cc21. The number of carbonyl (C=O) groups excluding carboxylic acids is 1. The number of piperazine rings is 1. The lowest BCUT2D eigenvalue weighted by molar-refractivity contribution is -0.120. The molecule has 2 aromatic heterocycles. The number of rotatable bonds is 6. The van der Waals surface area contributed by atoms with Crippen LogP contribution in [-0.2, 0) is 23.2 Å². The summed E-state index contributed by atoms with van der Waals surface area (Å²) in [5.41, 5.74) is 4.63. The zero-order valence-electron chi connectivity index (χ0n) is 21.4. The summed E-state index contributed by atoms with van der Waals surface area (Å²) in [5.74, 6) is -0.166. The van der Waals surface area contributed by atoms with Gasteiger partial charge in [-0.05, 0) is 49.6 Å². The quantitative estimate of drug-likeness (QED) is 0.571. The maximum atomic E-state index is 13.8. The van der Waals surface area contributed by atoms with E-state index in [2.05, 4.69) is 47.4 Å². The number of nitrogens with one attached hydrogen (secondary N) is 1. The van der Waals surface area contributed by atoms with Gasteiger partial charge in [-0.15, -0.1) is 5.10 Å². The molecule has 8 nitrogen and oxygen atoms in total. The van der Waals surface area contributed by atoms with E-state index in [9.17, 15) is 9.18 Å². The van der Waals surface area contributed by atoms with Crippen molar-refractivity contribution in [1.82, 2.24) is 30.2 Å². The Balaban J connectivity index is 1.36. The highest BCUT2D eigenvalue weighted by Crippen LogP contribution is 2.39. The number of benzene rings is 1. The van der Waals surface area contributed by atoms with Gasteiger partial charge < -0.3 is 10.2 Å². The Hall–Kier alpha value is -3.17. The number of hydrogen-bond donors (Lipinski definition) is 1. The largest absolute Gasteiger partial charge is 0.311 e. The third-order valence-electron chi connectivity index (χ3n) is 7.29. The number of hydrogen-bond acceptors (Lipinski definition) is 6. The van der Waals surface area contributed by atoms with Gasteiger partial charge in [0.05, 0.1) is 36.4 Å². The van der Waals surface area contributed by atoms with Crippen LogP contribution >= 0.6 is 0 Å². The Kier molecular flexibility index (Phi) is 6.61. The number of halogens is 1. The van der Waals surface area contributed by atoms with Gasteiger partial charge in [0.15, 0.2) is 0 Å². The molecular weight excluding hydrogens is 457 g/mol. The van der Waals surface area contributed by atoms with E-state index in [0.29, 0.717) is 32.1 Å². The monoisotopic (exact) mass is 491 g/mol. The van der Waals surface area contributed by atoms with Gasteiger partial charge in [-0.2, -0.15) is 0 Å². The highest BCUT2D eigenvalue weighted by Gasteiger charge is 2.40. The van der Waals surface area contributed by atoms with Crippen molar-refractivity contribution < 1.29 is 9.18 Å². The standard InChI is InChI=1S/C27H34FN7O/c1-18-14-33(23(13-29-18)15-35-19(2)11-31-32-35)16-25(36)34-17-27(3,4)26-24(34)10-21(12-30-26)9-20-5-7-22(28)8-6-20/h5-8,10-12,18,23,29H,9,13-17H2,1-4H3/t18-,23-/m1/s1. The summed E-state index contributed by atoms with van der Waals surface area (Å²) in [4.78, 5) is 22.7. The Morgan fingerprint density at radius 2 is 1.97 bits per heavy atom. The number of aryl methyl sites for hydroxylation is 1. The van der Waals surface area contributed by atoms with E-state index in [1.807, 2.05) is 22.7 Å². The fourth-order valence-electron chi connectivity index (χ4n) is 5.29. The second-order valence-corrected chi connectivity index (χ2v) is 10.8. The van der Waals surface area contributed by atoms with Crippen LogP contribution in [0.1, 0.15) is 43.3 Å². The summed E-state index contributed by atoms with van der Waals surface area (Å²) in [6.07, 6.45) is 4.28. The zero-order valence-corrected chi connectivity index (χ0v) is 21.4. The zero-order chi connectivity index (χ0) is 25.4. The molecule has 0 aliphatic carbocycles. The maximum absolute atomic E-state index is 13.8. The van der Waals surface area contributed by atoms with Gasteiger partial charge in [0.1, 0.15) is 5.82 Å². The number of fused-ring (bicyclic) bond motifs is 1. The summed E-state index contributed by atoms with van der Waals surface area (Å²) in [6, 6.07) is 9.05. The molecule has 1 fully saturated rings. The summed E-state index contributed by atoms with van der Waals surface area (Å²) in [5, 5.41) is 11.8. The molecule has 0 bridgehead atoms. The Bertz CT molecular complexity index is 1240. The summed E-state index contributed by atoms with van der Waals surface area (Å²) >= 11 is 0. The lowest BCUT2D eigenvalue weighted by atomic mass is 9.91. The molecule has 2 atom stereocenters. The number of nitrogens with zero attached hydrogens (tertiary/aromatic N) is 6. The van der Waals surface area contributed by atoms with Gasteiger partial charge in [-0.25, -0.2) is 9.07 Å². The number of pyridine rings is 1. The third kappa shape index (κ3) is 5.03. The predicted molar refractivity (Wildman–Crippen MR) is 136 cm³/mol. The molecule has 4 heterocycles. The van der Waals surface area contributed by atoms with Crippen molar-refractivity contribution in [2.75, 3.05) is 31.1 Å². The van der Waals surface area contributed by atoms with Crippen molar-refractivity contribution in [3.05, 3.63) is 71.1 Å². The first-order valence-corrected chi connectivity index (χ1v) is 12.6. The van der Waals surface area contributed by atoms with Gasteiger partial charge in [0, 0.05) is 43.3 Å². The molecule has 9 heteroatoms. The lowest BCUT2D eigenvalue weighted by Crippen LogP contribution is -2.59. The first-order valence-electron chi connectivity index (χ1n) is 12.6. The van der Waals surface area contributed by atoms with E-state index in [0.717, 1.165) is 41.3 Å². The van der Waals surface area contributed by atoms with E-state index in [4.69, 9.17) is 4.98 Å². The molecule has 1 saturated heterocycles. The van der Waals surface area contributed by atoms with Gasteiger partial charge in [0.25, 0.3) is 0 Å². The minimum absolute atomic E-state index is 0.0805. The van der Waals surface area contributed by atoms with Gasteiger partial charge in [-0.1, -0.05) is 31.2 Å². The maximum Gasteiger partial charge on any atom is 0.241 e. The van der Waals surface area contributed by atoms with E-state index in [1.165, 1.54) is 12.1 Å². The summed E-state index contributed by atoms with van der Waals surface area (Å²) < 4.78 is 15.2. The van der Waals surface area contributed by atoms with Crippen LogP contribution in [0.25, 0.3) is 0 Å². The molecule has 190 valence electrons. The van der Waals surface area contributed by atoms with E-state index in [-0.39, 0.29) is 23.2 Å². The highest BCUT2D eigenvalue weighted by molar-refractivity contribution is 5.97. The third-order valence-corrected chi connectivity index (χ3v) is 7.29. The molecule has 0 spiro atoms. The molecule has 0 unspecified atom stereocenters. The molecule has 2 aliphatic rings. The number of aromatic nitrogens is 4. The first kappa shape index (κ1) is 24.5. The van der Waals surface area contributed by atoms with Crippen molar-refractivity contribution in [3.8, 4) is 0 Å². The fraction of sp³-hybridized carbons (Fsp3) is 0.481. The topological polar surface area (TPSA) is 79.2 Å². The Morgan fingerprint density at radius 3 is 2.69 bits per heavy atom. The Morgan fingerprint density at radius 1 is 1.19 bits per heavy atom. The van der Waals surface area contributed by atoms with E-state index in [1.54, 1.807) is 18.3 Å². The fourth-order valence-corrected chi connectivity index (χ4v) is 5.29. The minimum Gasteiger partial charge on any atom is -0.311 e. The predicted octanol–water partition coefficient (Wildman–Crippen LogP) is 2.70. The van der Waals surface area contributed by atoms with Crippen molar-refractivity contribution >= 4 is 11.6 Å². The van der Waals surface area contributed by atoms with Crippen LogP contribution in [0.4, 0.5) is 10.1 Å². The van der Waals surface area contributed by atoms with E-state index < -0.39 is 0 Å². The molecule has 0 radical (unpaired) electrons. The molecule has 1 amide bonds. The molecule has 1 N–H and O–H groups in total. The molecule has 5 rings (SSSR count).